The highest BCUT2D eigenvalue weighted by molar-refractivity contribution is 5.86. The lowest BCUT2D eigenvalue weighted by Gasteiger charge is -2.18. The molecule has 0 aromatic carbocycles. The second kappa shape index (κ2) is 4.09. The van der Waals surface area contributed by atoms with Crippen LogP contribution in [0, 0.1) is 5.92 Å². The predicted octanol–water partition coefficient (Wildman–Crippen LogP) is 1.22. The molecular formula is C8H15N3O. The summed E-state index contributed by atoms with van der Waals surface area (Å²) in [5.74, 6) is 0.789. The van der Waals surface area contributed by atoms with Gasteiger partial charge in [0.15, 0.2) is 0 Å². The lowest BCUT2D eigenvalue weighted by Crippen LogP contribution is -2.26. The van der Waals surface area contributed by atoms with Crippen LogP contribution in [0.25, 0.3) is 0 Å². The van der Waals surface area contributed by atoms with Crippen molar-refractivity contribution >= 4 is 11.7 Å². The Balaban J connectivity index is 2.33. The fourth-order valence-corrected chi connectivity index (χ4v) is 1.34. The van der Waals surface area contributed by atoms with E-state index in [9.17, 15) is 4.79 Å². The van der Waals surface area contributed by atoms with Gasteiger partial charge in [0.2, 0.25) is 0 Å². The minimum atomic E-state index is -0.582. The Kier molecular flexibility index (Phi) is 3.08. The number of nitrogens with one attached hydrogen (secondary N) is 1. The van der Waals surface area contributed by atoms with E-state index in [1.54, 1.807) is 0 Å². The van der Waals surface area contributed by atoms with Crippen LogP contribution in [0.2, 0.25) is 0 Å². The number of primary amides is 1. The average molecular weight is 169 g/mol. The number of hydrazone groups is 1. The zero-order valence-electron chi connectivity index (χ0n) is 7.34. The number of hydrogen-bond acceptors (Lipinski definition) is 2. The minimum Gasteiger partial charge on any atom is -0.350 e. The molecule has 0 aliphatic heterocycles. The normalized spacial score (nSPS) is 23.4. The maximum Gasteiger partial charge on any atom is 0.332 e. The molecule has 0 radical (unpaired) electrons. The first-order valence-corrected chi connectivity index (χ1v) is 4.29. The molecule has 4 nitrogen and oxygen atoms in total. The zero-order chi connectivity index (χ0) is 8.97. The van der Waals surface area contributed by atoms with Crippen LogP contribution in [0.4, 0.5) is 4.79 Å². The van der Waals surface area contributed by atoms with Crippen LogP contribution < -0.4 is 11.2 Å². The number of nitrogens with two attached hydrogens (primary N) is 1. The van der Waals surface area contributed by atoms with Crippen LogP contribution in [-0.2, 0) is 0 Å². The molecule has 0 saturated heterocycles. The van der Waals surface area contributed by atoms with Crippen molar-refractivity contribution in [3.05, 3.63) is 0 Å². The number of urea groups is 1. The van der Waals surface area contributed by atoms with Gasteiger partial charge in [0, 0.05) is 5.71 Å². The van der Waals surface area contributed by atoms with Gasteiger partial charge in [-0.05, 0) is 31.6 Å². The van der Waals surface area contributed by atoms with Crippen molar-refractivity contribution in [3.63, 3.8) is 0 Å². The van der Waals surface area contributed by atoms with Crippen molar-refractivity contribution in [1.82, 2.24) is 5.43 Å². The van der Waals surface area contributed by atoms with Crippen LogP contribution >= 0.6 is 0 Å². The van der Waals surface area contributed by atoms with E-state index >= 15 is 0 Å². The van der Waals surface area contributed by atoms with Gasteiger partial charge < -0.3 is 5.73 Å². The van der Waals surface area contributed by atoms with E-state index in [0.29, 0.717) is 0 Å². The summed E-state index contributed by atoms with van der Waals surface area (Å²) in [6, 6.07) is -0.582. The monoisotopic (exact) mass is 169 g/mol. The van der Waals surface area contributed by atoms with E-state index in [0.717, 1.165) is 24.5 Å². The van der Waals surface area contributed by atoms with E-state index in [1.165, 1.54) is 12.8 Å². The first-order valence-electron chi connectivity index (χ1n) is 4.29. The largest absolute Gasteiger partial charge is 0.350 e. The highest BCUT2D eigenvalue weighted by Crippen LogP contribution is 2.20. The standard InChI is InChI=1S/C8H15N3O/c1-6-2-4-7(5-3-6)10-11-8(9)12/h6H,2-5H2,1H3,(H3,9,11,12). The zero-order valence-corrected chi connectivity index (χ0v) is 7.34. The lowest BCUT2D eigenvalue weighted by molar-refractivity contribution is 0.249. The molecule has 3 N–H and O–H groups in total. The SMILES string of the molecule is CC1CCC(=NNC(N)=O)CC1. The van der Waals surface area contributed by atoms with E-state index in [1.807, 2.05) is 0 Å². The molecule has 1 fully saturated rings. The first-order chi connectivity index (χ1) is 5.68. The average Bonchev–Trinajstić information content (AvgIpc) is 2.03. The summed E-state index contributed by atoms with van der Waals surface area (Å²) in [5, 5.41) is 3.91. The molecule has 4 heteroatoms. The lowest BCUT2D eigenvalue weighted by atomic mass is 9.90. The van der Waals surface area contributed by atoms with Crippen molar-refractivity contribution in [2.45, 2.75) is 32.6 Å². The molecule has 1 aliphatic carbocycles. The third-order valence-electron chi connectivity index (χ3n) is 2.18. The Morgan fingerprint density at radius 1 is 1.58 bits per heavy atom. The maximum atomic E-state index is 10.3. The number of hydrogen-bond donors (Lipinski definition) is 2. The molecule has 68 valence electrons. The third-order valence-corrected chi connectivity index (χ3v) is 2.18. The van der Waals surface area contributed by atoms with E-state index in [-0.39, 0.29) is 0 Å². The molecule has 0 aromatic heterocycles. The summed E-state index contributed by atoms with van der Waals surface area (Å²) in [7, 11) is 0. The van der Waals surface area contributed by atoms with Crippen molar-refractivity contribution in [2.75, 3.05) is 0 Å². The molecule has 0 bridgehead atoms. The Morgan fingerprint density at radius 3 is 2.67 bits per heavy atom. The van der Waals surface area contributed by atoms with Gasteiger partial charge in [0.1, 0.15) is 0 Å². The fraction of sp³-hybridized carbons (Fsp3) is 0.750. The summed E-state index contributed by atoms with van der Waals surface area (Å²) in [6.07, 6.45) is 4.31. The van der Waals surface area contributed by atoms with E-state index in [4.69, 9.17) is 5.73 Å². The molecule has 1 rings (SSSR count). The van der Waals surface area contributed by atoms with E-state index in [2.05, 4.69) is 17.5 Å². The van der Waals surface area contributed by atoms with Crippen molar-refractivity contribution in [1.29, 1.82) is 0 Å². The van der Waals surface area contributed by atoms with Gasteiger partial charge in [0.25, 0.3) is 0 Å². The van der Waals surface area contributed by atoms with Crippen LogP contribution in [0.5, 0.6) is 0 Å². The highest BCUT2D eigenvalue weighted by atomic mass is 16.2. The molecule has 0 spiro atoms. The van der Waals surface area contributed by atoms with Gasteiger partial charge in [0.05, 0.1) is 0 Å². The van der Waals surface area contributed by atoms with Crippen LogP contribution in [0.1, 0.15) is 32.6 Å². The summed E-state index contributed by atoms with van der Waals surface area (Å²) >= 11 is 0. The predicted molar refractivity (Wildman–Crippen MR) is 47.8 cm³/mol. The Morgan fingerprint density at radius 2 is 2.17 bits per heavy atom. The molecule has 12 heavy (non-hydrogen) atoms. The van der Waals surface area contributed by atoms with Crippen LogP contribution in [0.3, 0.4) is 0 Å². The molecule has 2 amide bonds. The fourth-order valence-electron chi connectivity index (χ4n) is 1.34. The smallest absolute Gasteiger partial charge is 0.332 e. The highest BCUT2D eigenvalue weighted by Gasteiger charge is 2.13. The van der Waals surface area contributed by atoms with Crippen LogP contribution in [0.15, 0.2) is 5.10 Å². The van der Waals surface area contributed by atoms with Crippen molar-refractivity contribution < 1.29 is 4.79 Å². The summed E-state index contributed by atoms with van der Waals surface area (Å²) in [6.45, 7) is 2.23. The number of rotatable bonds is 1. The third kappa shape index (κ3) is 2.90. The molecular weight excluding hydrogens is 154 g/mol. The van der Waals surface area contributed by atoms with Gasteiger partial charge in [-0.15, -0.1) is 0 Å². The number of nitrogens with zero attached hydrogens (tertiary/aromatic N) is 1. The number of amides is 2. The summed E-state index contributed by atoms with van der Waals surface area (Å²) in [5.41, 5.74) is 8.20. The van der Waals surface area contributed by atoms with Crippen molar-refractivity contribution in [2.24, 2.45) is 16.8 Å². The Bertz CT molecular complexity index is 190. The van der Waals surface area contributed by atoms with Crippen molar-refractivity contribution in [3.8, 4) is 0 Å². The van der Waals surface area contributed by atoms with Gasteiger partial charge in [-0.3, -0.25) is 0 Å². The topological polar surface area (TPSA) is 67.5 Å². The van der Waals surface area contributed by atoms with E-state index < -0.39 is 6.03 Å². The quantitative estimate of drug-likeness (QED) is 0.569. The Labute approximate surface area is 72.2 Å². The minimum absolute atomic E-state index is 0.582. The molecule has 0 aromatic rings. The van der Waals surface area contributed by atoms with Crippen LogP contribution in [-0.4, -0.2) is 11.7 Å². The summed E-state index contributed by atoms with van der Waals surface area (Å²) in [4.78, 5) is 10.3. The second-order valence-corrected chi connectivity index (χ2v) is 3.34. The molecule has 1 saturated carbocycles. The van der Waals surface area contributed by atoms with Gasteiger partial charge in [-0.25, -0.2) is 10.2 Å². The summed E-state index contributed by atoms with van der Waals surface area (Å²) < 4.78 is 0. The van der Waals surface area contributed by atoms with Gasteiger partial charge in [-0.2, -0.15) is 5.10 Å². The number of carbonyl (C=O) groups is 1. The second-order valence-electron chi connectivity index (χ2n) is 3.34. The number of carbonyl (C=O) groups excluding carboxylic acids is 1. The first kappa shape index (κ1) is 9.03. The maximum absolute atomic E-state index is 10.3. The molecule has 0 atom stereocenters. The van der Waals surface area contributed by atoms with Gasteiger partial charge in [-0.1, -0.05) is 6.92 Å². The molecule has 1 aliphatic rings. The van der Waals surface area contributed by atoms with Gasteiger partial charge >= 0.3 is 6.03 Å². The molecule has 0 heterocycles. The Hall–Kier alpha value is -1.06. The molecule has 0 unspecified atom stereocenters.